The van der Waals surface area contributed by atoms with E-state index < -0.39 is 0 Å². The molecule has 2 aromatic rings. The second-order valence-corrected chi connectivity index (χ2v) is 5.75. The summed E-state index contributed by atoms with van der Waals surface area (Å²) in [6, 6.07) is 8.21. The van der Waals surface area contributed by atoms with Gasteiger partial charge in [0.1, 0.15) is 5.75 Å². The van der Waals surface area contributed by atoms with Gasteiger partial charge in [-0.15, -0.1) is 0 Å². The Bertz CT molecular complexity index is 585. The minimum atomic E-state index is 0.190. The van der Waals surface area contributed by atoms with Crippen molar-refractivity contribution in [3.8, 4) is 5.75 Å². The number of ether oxygens (including phenoxy) is 1. The topological polar surface area (TPSA) is 39.1 Å². The summed E-state index contributed by atoms with van der Waals surface area (Å²) in [6.07, 6.45) is 5.10. The first kappa shape index (κ1) is 13.2. The Morgan fingerprint density at radius 3 is 3.10 bits per heavy atom. The maximum atomic E-state index is 5.29. The number of benzene rings is 1. The van der Waals surface area contributed by atoms with Crippen LogP contribution in [0.25, 0.3) is 0 Å². The number of imidazole rings is 1. The molecule has 1 atom stereocenters. The van der Waals surface area contributed by atoms with Crippen molar-refractivity contribution in [1.82, 2.24) is 14.9 Å². The van der Waals surface area contributed by atoms with Crippen molar-refractivity contribution in [2.24, 2.45) is 0 Å². The normalized spacial score (nSPS) is 22.1. The van der Waals surface area contributed by atoms with Gasteiger partial charge in [-0.05, 0) is 30.7 Å². The molecule has 1 aliphatic heterocycles. The van der Waals surface area contributed by atoms with Crippen molar-refractivity contribution in [2.45, 2.75) is 25.3 Å². The maximum Gasteiger partial charge on any atom is 0.119 e. The highest BCUT2D eigenvalue weighted by Crippen LogP contribution is 2.30. The standard InChI is InChI=1S/C16H21N3O/c1-16(6-7-17-11-16)15-9-18-12-19(15)10-13-4-3-5-14(8-13)20-2/h3-5,8-9,12,17H,6-7,10-11H2,1-2H3. The quantitative estimate of drug-likeness (QED) is 0.926. The van der Waals surface area contributed by atoms with E-state index in [4.69, 9.17) is 4.74 Å². The van der Waals surface area contributed by atoms with Crippen LogP contribution in [0.15, 0.2) is 36.8 Å². The van der Waals surface area contributed by atoms with Crippen LogP contribution < -0.4 is 10.1 Å². The van der Waals surface area contributed by atoms with Gasteiger partial charge in [-0.2, -0.15) is 0 Å². The Morgan fingerprint density at radius 1 is 1.45 bits per heavy atom. The molecule has 0 spiro atoms. The number of hydrogen-bond donors (Lipinski definition) is 1. The van der Waals surface area contributed by atoms with Gasteiger partial charge in [-0.25, -0.2) is 4.98 Å². The highest BCUT2D eigenvalue weighted by Gasteiger charge is 2.33. The smallest absolute Gasteiger partial charge is 0.119 e. The van der Waals surface area contributed by atoms with Gasteiger partial charge in [-0.3, -0.25) is 0 Å². The molecule has 106 valence electrons. The van der Waals surface area contributed by atoms with E-state index in [9.17, 15) is 0 Å². The lowest BCUT2D eigenvalue weighted by Gasteiger charge is -2.24. The monoisotopic (exact) mass is 271 g/mol. The molecule has 1 unspecified atom stereocenters. The van der Waals surface area contributed by atoms with Crippen molar-refractivity contribution in [2.75, 3.05) is 20.2 Å². The second kappa shape index (κ2) is 5.29. The molecule has 1 aromatic heterocycles. The Hall–Kier alpha value is -1.81. The molecule has 1 aliphatic rings. The van der Waals surface area contributed by atoms with Gasteiger partial charge in [0.2, 0.25) is 0 Å². The van der Waals surface area contributed by atoms with Gasteiger partial charge in [0.05, 0.1) is 13.4 Å². The van der Waals surface area contributed by atoms with Gasteiger partial charge in [0.25, 0.3) is 0 Å². The summed E-state index contributed by atoms with van der Waals surface area (Å²) in [6.45, 7) is 5.26. The molecule has 4 nitrogen and oxygen atoms in total. The van der Waals surface area contributed by atoms with E-state index in [1.165, 1.54) is 11.3 Å². The van der Waals surface area contributed by atoms with E-state index in [0.717, 1.165) is 31.8 Å². The Balaban J connectivity index is 1.86. The van der Waals surface area contributed by atoms with E-state index in [-0.39, 0.29) is 5.41 Å². The van der Waals surface area contributed by atoms with E-state index in [0.29, 0.717) is 0 Å². The van der Waals surface area contributed by atoms with Crippen LogP contribution in [0.4, 0.5) is 0 Å². The fourth-order valence-electron chi connectivity index (χ4n) is 2.95. The maximum absolute atomic E-state index is 5.29. The second-order valence-electron chi connectivity index (χ2n) is 5.75. The van der Waals surface area contributed by atoms with Gasteiger partial charge in [0, 0.05) is 30.4 Å². The lowest BCUT2D eigenvalue weighted by molar-refractivity contribution is 0.414. The molecule has 1 fully saturated rings. The number of hydrogen-bond acceptors (Lipinski definition) is 3. The zero-order valence-corrected chi connectivity index (χ0v) is 12.1. The molecular formula is C16H21N3O. The van der Waals surface area contributed by atoms with Crippen LogP contribution in [-0.4, -0.2) is 29.8 Å². The van der Waals surface area contributed by atoms with Crippen molar-refractivity contribution >= 4 is 0 Å². The van der Waals surface area contributed by atoms with Crippen LogP contribution in [-0.2, 0) is 12.0 Å². The lowest BCUT2D eigenvalue weighted by atomic mass is 9.86. The molecule has 1 saturated heterocycles. The van der Waals surface area contributed by atoms with E-state index in [2.05, 4.69) is 33.9 Å². The fraction of sp³-hybridized carbons (Fsp3) is 0.438. The SMILES string of the molecule is COc1cccc(Cn2cncc2C2(C)CCNC2)c1. The zero-order chi connectivity index (χ0) is 14.0. The Kier molecular flexibility index (Phi) is 3.49. The minimum Gasteiger partial charge on any atom is -0.497 e. The first-order chi connectivity index (χ1) is 9.71. The van der Waals surface area contributed by atoms with Crippen molar-refractivity contribution in [3.63, 3.8) is 0 Å². The average molecular weight is 271 g/mol. The highest BCUT2D eigenvalue weighted by atomic mass is 16.5. The number of rotatable bonds is 4. The van der Waals surface area contributed by atoms with E-state index in [1.807, 2.05) is 24.7 Å². The van der Waals surface area contributed by atoms with Crippen LogP contribution in [0.1, 0.15) is 24.6 Å². The summed E-state index contributed by atoms with van der Waals surface area (Å²) in [4.78, 5) is 4.35. The first-order valence-electron chi connectivity index (χ1n) is 7.05. The summed E-state index contributed by atoms with van der Waals surface area (Å²) in [5.74, 6) is 0.901. The van der Waals surface area contributed by atoms with Crippen LogP contribution in [0, 0.1) is 0 Å². The predicted octanol–water partition coefficient (Wildman–Crippen LogP) is 2.19. The molecule has 0 amide bonds. The number of aromatic nitrogens is 2. The summed E-state index contributed by atoms with van der Waals surface area (Å²) in [7, 11) is 1.70. The van der Waals surface area contributed by atoms with Crippen LogP contribution in [0.2, 0.25) is 0 Å². The van der Waals surface area contributed by atoms with Crippen molar-refractivity contribution in [3.05, 3.63) is 48.0 Å². The van der Waals surface area contributed by atoms with E-state index >= 15 is 0 Å². The van der Waals surface area contributed by atoms with Gasteiger partial charge < -0.3 is 14.6 Å². The van der Waals surface area contributed by atoms with Crippen LogP contribution in [0.3, 0.4) is 0 Å². The zero-order valence-electron chi connectivity index (χ0n) is 12.1. The third kappa shape index (κ3) is 2.43. The number of nitrogens with one attached hydrogen (secondary N) is 1. The molecule has 2 heterocycles. The fourth-order valence-corrected chi connectivity index (χ4v) is 2.95. The molecule has 4 heteroatoms. The Morgan fingerprint density at radius 2 is 2.35 bits per heavy atom. The average Bonchev–Trinajstić information content (AvgIpc) is 3.09. The lowest BCUT2D eigenvalue weighted by Crippen LogP contribution is -2.28. The summed E-state index contributed by atoms with van der Waals surface area (Å²) >= 11 is 0. The minimum absolute atomic E-state index is 0.190. The largest absolute Gasteiger partial charge is 0.497 e. The summed E-state index contributed by atoms with van der Waals surface area (Å²) in [5.41, 5.74) is 2.73. The predicted molar refractivity (Wildman–Crippen MR) is 79.2 cm³/mol. The molecule has 1 aromatic carbocycles. The van der Waals surface area contributed by atoms with E-state index in [1.54, 1.807) is 7.11 Å². The molecule has 0 bridgehead atoms. The molecule has 20 heavy (non-hydrogen) atoms. The van der Waals surface area contributed by atoms with Gasteiger partial charge in [0.15, 0.2) is 0 Å². The van der Waals surface area contributed by atoms with Crippen LogP contribution >= 0.6 is 0 Å². The molecule has 0 radical (unpaired) electrons. The van der Waals surface area contributed by atoms with Gasteiger partial charge >= 0.3 is 0 Å². The van der Waals surface area contributed by atoms with Crippen LogP contribution in [0.5, 0.6) is 5.75 Å². The highest BCUT2D eigenvalue weighted by molar-refractivity contribution is 5.29. The Labute approximate surface area is 119 Å². The molecular weight excluding hydrogens is 250 g/mol. The molecule has 0 saturated carbocycles. The third-order valence-electron chi connectivity index (χ3n) is 4.19. The molecule has 1 N–H and O–H groups in total. The summed E-state index contributed by atoms with van der Waals surface area (Å²) in [5, 5.41) is 3.45. The van der Waals surface area contributed by atoms with Crippen molar-refractivity contribution < 1.29 is 4.74 Å². The summed E-state index contributed by atoms with van der Waals surface area (Å²) < 4.78 is 7.54. The van der Waals surface area contributed by atoms with Crippen molar-refractivity contribution in [1.29, 1.82) is 0 Å². The number of nitrogens with zero attached hydrogens (tertiary/aromatic N) is 2. The molecule has 3 rings (SSSR count). The number of methoxy groups -OCH3 is 1. The van der Waals surface area contributed by atoms with Gasteiger partial charge in [-0.1, -0.05) is 19.1 Å². The first-order valence-corrected chi connectivity index (χ1v) is 7.05. The molecule has 0 aliphatic carbocycles. The third-order valence-corrected chi connectivity index (χ3v) is 4.19.